The largest absolute Gasteiger partial charge is 0.349 e. The van der Waals surface area contributed by atoms with Gasteiger partial charge in [0.2, 0.25) is 6.41 Å². The van der Waals surface area contributed by atoms with E-state index in [0.29, 0.717) is 25.9 Å². The lowest BCUT2D eigenvalue weighted by atomic mass is 10.2. The van der Waals surface area contributed by atoms with E-state index in [1.807, 2.05) is 6.07 Å². The van der Waals surface area contributed by atoms with Crippen molar-refractivity contribution in [3.05, 3.63) is 11.8 Å². The lowest BCUT2D eigenvalue weighted by Gasteiger charge is -2.14. The van der Waals surface area contributed by atoms with Crippen LogP contribution >= 0.6 is 0 Å². The highest BCUT2D eigenvalue weighted by molar-refractivity contribution is 5.97. The highest BCUT2D eigenvalue weighted by Crippen LogP contribution is 2.17. The van der Waals surface area contributed by atoms with Gasteiger partial charge in [-0.1, -0.05) is 12.8 Å². The van der Waals surface area contributed by atoms with E-state index in [1.165, 1.54) is 11.1 Å². The molecule has 3 N–H and O–H groups in total. The second-order valence-corrected chi connectivity index (χ2v) is 4.59. The van der Waals surface area contributed by atoms with E-state index in [1.54, 1.807) is 0 Å². The van der Waals surface area contributed by atoms with E-state index in [2.05, 4.69) is 5.32 Å². The number of nitrogens with zero attached hydrogens (tertiary/aromatic N) is 2. The Morgan fingerprint density at radius 3 is 2.68 bits per heavy atom. The molecule has 0 unspecified atom stereocenters. The molecular weight excluding hydrogens is 244 g/mol. The Bertz CT molecular complexity index is 381. The zero-order valence-corrected chi connectivity index (χ0v) is 11.0. The molecule has 1 fully saturated rings. The van der Waals surface area contributed by atoms with Gasteiger partial charge < -0.3 is 16.0 Å². The third-order valence-electron chi connectivity index (χ3n) is 3.11. The van der Waals surface area contributed by atoms with Crippen LogP contribution in [0.4, 0.5) is 0 Å². The molecule has 1 aliphatic rings. The zero-order chi connectivity index (χ0) is 14.1. The summed E-state index contributed by atoms with van der Waals surface area (Å²) >= 11 is 0. The lowest BCUT2D eigenvalue weighted by molar-refractivity contribution is -0.117. The highest BCUT2D eigenvalue weighted by atomic mass is 16.2. The van der Waals surface area contributed by atoms with Crippen LogP contribution in [0.15, 0.2) is 11.8 Å². The molecule has 6 heteroatoms. The number of nitrogens with one attached hydrogen (secondary N) is 1. The summed E-state index contributed by atoms with van der Waals surface area (Å²) in [5.41, 5.74) is 5.31. The summed E-state index contributed by atoms with van der Waals surface area (Å²) in [5, 5.41) is 11.8. The van der Waals surface area contributed by atoms with Crippen LogP contribution in [0.2, 0.25) is 0 Å². The smallest absolute Gasteiger partial charge is 0.263 e. The van der Waals surface area contributed by atoms with Gasteiger partial charge in [0.1, 0.15) is 11.6 Å². The van der Waals surface area contributed by atoms with Crippen molar-refractivity contribution in [2.24, 2.45) is 5.73 Å². The number of hydrogen-bond acceptors (Lipinski definition) is 4. The Hall–Kier alpha value is -1.87. The second-order valence-electron chi connectivity index (χ2n) is 4.59. The van der Waals surface area contributed by atoms with Crippen LogP contribution in [0, 0.1) is 11.3 Å². The fourth-order valence-corrected chi connectivity index (χ4v) is 2.06. The fourth-order valence-electron chi connectivity index (χ4n) is 2.06. The molecule has 0 atom stereocenters. The first-order chi connectivity index (χ1) is 9.21. The Morgan fingerprint density at radius 2 is 2.16 bits per heavy atom. The van der Waals surface area contributed by atoms with Gasteiger partial charge in [0.15, 0.2) is 0 Å². The van der Waals surface area contributed by atoms with Crippen molar-refractivity contribution >= 4 is 12.3 Å². The van der Waals surface area contributed by atoms with Crippen molar-refractivity contribution in [2.75, 3.05) is 13.1 Å². The number of rotatable bonds is 7. The predicted molar refractivity (Wildman–Crippen MR) is 70.5 cm³/mol. The van der Waals surface area contributed by atoms with Crippen molar-refractivity contribution in [3.8, 4) is 6.07 Å². The Balaban J connectivity index is 2.60. The minimum atomic E-state index is -0.408. The molecule has 19 heavy (non-hydrogen) atoms. The van der Waals surface area contributed by atoms with E-state index in [-0.39, 0.29) is 11.6 Å². The molecule has 0 bridgehead atoms. The molecule has 6 nitrogen and oxygen atoms in total. The molecule has 1 aliphatic carbocycles. The first kappa shape index (κ1) is 15.2. The SMILES string of the molecule is N#C/C(=C/N(C=O)CCCN)C(=O)NC1CCCC1. The molecule has 0 saturated heterocycles. The average molecular weight is 264 g/mol. The van der Waals surface area contributed by atoms with Gasteiger partial charge in [-0.3, -0.25) is 9.59 Å². The van der Waals surface area contributed by atoms with Crippen LogP contribution in [0.1, 0.15) is 32.1 Å². The Labute approximate surface area is 113 Å². The maximum absolute atomic E-state index is 11.9. The molecule has 1 rings (SSSR count). The van der Waals surface area contributed by atoms with Gasteiger partial charge in [-0.15, -0.1) is 0 Å². The molecule has 104 valence electrons. The quantitative estimate of drug-likeness (QED) is 0.391. The maximum atomic E-state index is 11.9. The first-order valence-electron chi connectivity index (χ1n) is 6.55. The minimum Gasteiger partial charge on any atom is -0.349 e. The Morgan fingerprint density at radius 1 is 1.47 bits per heavy atom. The van der Waals surface area contributed by atoms with Crippen molar-refractivity contribution < 1.29 is 9.59 Å². The number of hydrogen-bond donors (Lipinski definition) is 2. The molecule has 0 spiro atoms. The lowest BCUT2D eigenvalue weighted by Crippen LogP contribution is -2.34. The van der Waals surface area contributed by atoms with E-state index < -0.39 is 5.91 Å². The number of nitrogens with two attached hydrogens (primary N) is 1. The van der Waals surface area contributed by atoms with Crippen LogP contribution in [0.5, 0.6) is 0 Å². The van der Waals surface area contributed by atoms with Crippen LogP contribution in [0.3, 0.4) is 0 Å². The number of carbonyl (C=O) groups is 2. The first-order valence-corrected chi connectivity index (χ1v) is 6.55. The van der Waals surface area contributed by atoms with E-state index in [9.17, 15) is 9.59 Å². The summed E-state index contributed by atoms with van der Waals surface area (Å²) in [5.74, 6) is -0.408. The van der Waals surface area contributed by atoms with Crippen molar-refractivity contribution in [2.45, 2.75) is 38.1 Å². The van der Waals surface area contributed by atoms with Gasteiger partial charge in [-0.05, 0) is 25.8 Å². The highest BCUT2D eigenvalue weighted by Gasteiger charge is 2.19. The van der Waals surface area contributed by atoms with Crippen molar-refractivity contribution in [1.82, 2.24) is 10.2 Å². The summed E-state index contributed by atoms with van der Waals surface area (Å²) < 4.78 is 0. The molecule has 0 aromatic carbocycles. The van der Waals surface area contributed by atoms with Crippen molar-refractivity contribution in [3.63, 3.8) is 0 Å². The standard InChI is InChI=1S/C13H20N4O2/c14-6-3-7-17(10-18)9-11(8-15)13(19)16-12-4-1-2-5-12/h9-10,12H,1-7,14H2,(H,16,19)/b11-9-. The molecule has 0 aliphatic heterocycles. The normalized spacial score (nSPS) is 15.9. The van der Waals surface area contributed by atoms with Gasteiger partial charge in [0.25, 0.3) is 5.91 Å². The monoisotopic (exact) mass is 264 g/mol. The molecular formula is C13H20N4O2. The summed E-state index contributed by atoms with van der Waals surface area (Å²) in [6, 6.07) is 1.99. The third kappa shape index (κ3) is 5.10. The van der Waals surface area contributed by atoms with Crippen molar-refractivity contribution in [1.29, 1.82) is 5.26 Å². The summed E-state index contributed by atoms with van der Waals surface area (Å²) in [4.78, 5) is 24.0. The minimum absolute atomic E-state index is 0.0454. The third-order valence-corrected chi connectivity index (χ3v) is 3.11. The van der Waals surface area contributed by atoms with Gasteiger partial charge in [0, 0.05) is 18.8 Å². The number of amides is 2. The predicted octanol–water partition coefficient (Wildman–Crippen LogP) is 0.260. The van der Waals surface area contributed by atoms with Gasteiger partial charge in [-0.2, -0.15) is 5.26 Å². The molecule has 0 aromatic rings. The maximum Gasteiger partial charge on any atom is 0.263 e. The molecule has 0 radical (unpaired) electrons. The van der Waals surface area contributed by atoms with E-state index in [4.69, 9.17) is 11.0 Å². The molecule has 1 saturated carbocycles. The average Bonchev–Trinajstić information content (AvgIpc) is 2.92. The topological polar surface area (TPSA) is 99.2 Å². The van der Waals surface area contributed by atoms with Crippen LogP contribution < -0.4 is 11.1 Å². The molecule has 0 heterocycles. The summed E-state index contributed by atoms with van der Waals surface area (Å²) in [6.45, 7) is 0.857. The van der Waals surface area contributed by atoms with E-state index in [0.717, 1.165) is 25.7 Å². The molecule has 0 aromatic heterocycles. The van der Waals surface area contributed by atoms with Gasteiger partial charge in [-0.25, -0.2) is 0 Å². The second kappa shape index (κ2) is 8.27. The van der Waals surface area contributed by atoms with Crippen LogP contribution in [0.25, 0.3) is 0 Å². The zero-order valence-electron chi connectivity index (χ0n) is 11.0. The van der Waals surface area contributed by atoms with Crippen LogP contribution in [-0.4, -0.2) is 36.3 Å². The summed E-state index contributed by atoms with van der Waals surface area (Å²) in [7, 11) is 0. The fraction of sp³-hybridized carbons (Fsp3) is 0.615. The van der Waals surface area contributed by atoms with Gasteiger partial charge in [0.05, 0.1) is 0 Å². The van der Waals surface area contributed by atoms with E-state index >= 15 is 0 Å². The number of carbonyl (C=O) groups excluding carboxylic acids is 2. The summed E-state index contributed by atoms with van der Waals surface area (Å²) in [6.07, 6.45) is 6.62. The number of nitriles is 1. The van der Waals surface area contributed by atoms with Crippen LogP contribution in [-0.2, 0) is 9.59 Å². The van der Waals surface area contributed by atoms with Gasteiger partial charge >= 0.3 is 0 Å². The Kier molecular flexibility index (Phi) is 6.61. The molecule has 2 amide bonds.